The zero-order valence-electron chi connectivity index (χ0n) is 11.6. The lowest BCUT2D eigenvalue weighted by Crippen LogP contribution is -2.41. The number of esters is 1. The Labute approximate surface area is 113 Å². The van der Waals surface area contributed by atoms with Gasteiger partial charge in [0, 0.05) is 11.7 Å². The Morgan fingerprint density at radius 3 is 2.37 bits per heavy atom. The smallest absolute Gasteiger partial charge is 0.319 e. The van der Waals surface area contributed by atoms with Gasteiger partial charge in [-0.05, 0) is 26.0 Å². The number of methoxy groups -OCH3 is 1. The van der Waals surface area contributed by atoms with Crippen LogP contribution >= 0.6 is 0 Å². The molecule has 19 heavy (non-hydrogen) atoms. The van der Waals surface area contributed by atoms with Crippen molar-refractivity contribution < 1.29 is 14.3 Å². The second-order valence-corrected chi connectivity index (χ2v) is 4.49. The molecule has 1 aromatic rings. The molecule has 0 aliphatic rings. The normalized spacial score (nSPS) is 10.6. The number of carbonyl (C=O) groups excluding carboxylic acids is 2. The van der Waals surface area contributed by atoms with Crippen molar-refractivity contribution >= 4 is 17.6 Å². The minimum absolute atomic E-state index is 0.0839. The number of anilines is 1. The molecule has 0 atom stereocenters. The fraction of sp³-hybridized carbons (Fsp3) is 0.429. The number of para-hydroxylation sites is 1. The Bertz CT molecular complexity index is 418. The van der Waals surface area contributed by atoms with E-state index in [4.69, 9.17) is 0 Å². The summed E-state index contributed by atoms with van der Waals surface area (Å²) >= 11 is 0. The molecule has 0 aliphatic heterocycles. The zero-order valence-corrected chi connectivity index (χ0v) is 11.6. The van der Waals surface area contributed by atoms with Gasteiger partial charge in [0.05, 0.1) is 20.2 Å². The molecule has 0 radical (unpaired) electrons. The van der Waals surface area contributed by atoms with Crippen molar-refractivity contribution in [2.45, 2.75) is 19.9 Å². The van der Waals surface area contributed by atoms with Crippen molar-refractivity contribution in [3.05, 3.63) is 30.3 Å². The van der Waals surface area contributed by atoms with Crippen molar-refractivity contribution in [1.29, 1.82) is 0 Å². The summed E-state index contributed by atoms with van der Waals surface area (Å²) in [5.41, 5.74) is 0.745. The van der Waals surface area contributed by atoms with Crippen LogP contribution in [0.15, 0.2) is 30.3 Å². The number of nitrogens with one attached hydrogen (secondary N) is 1. The average Bonchev–Trinajstić information content (AvgIpc) is 2.38. The van der Waals surface area contributed by atoms with Gasteiger partial charge in [-0.1, -0.05) is 18.2 Å². The predicted molar refractivity (Wildman–Crippen MR) is 73.8 cm³/mol. The van der Waals surface area contributed by atoms with Gasteiger partial charge < -0.3 is 10.1 Å². The van der Waals surface area contributed by atoms with Gasteiger partial charge in [0.2, 0.25) is 5.91 Å². The lowest BCUT2D eigenvalue weighted by atomic mass is 10.3. The molecule has 0 aliphatic carbocycles. The van der Waals surface area contributed by atoms with E-state index < -0.39 is 0 Å². The Morgan fingerprint density at radius 1 is 1.21 bits per heavy atom. The highest BCUT2D eigenvalue weighted by Gasteiger charge is 2.17. The first kappa shape index (κ1) is 15.2. The zero-order chi connectivity index (χ0) is 14.3. The van der Waals surface area contributed by atoms with Crippen molar-refractivity contribution in [3.63, 3.8) is 0 Å². The third-order valence-electron chi connectivity index (χ3n) is 2.69. The molecule has 0 heterocycles. The maximum Gasteiger partial charge on any atom is 0.319 e. The average molecular weight is 264 g/mol. The van der Waals surface area contributed by atoms with E-state index in [9.17, 15) is 9.59 Å². The Morgan fingerprint density at radius 2 is 1.84 bits per heavy atom. The number of amides is 1. The number of hydrogen-bond donors (Lipinski definition) is 1. The first-order chi connectivity index (χ1) is 9.02. The minimum atomic E-state index is -0.346. The largest absolute Gasteiger partial charge is 0.468 e. The summed E-state index contributed by atoms with van der Waals surface area (Å²) in [6.45, 7) is 4.12. The van der Waals surface area contributed by atoms with Crippen LogP contribution < -0.4 is 5.32 Å². The Balaban J connectivity index is 2.54. The second-order valence-electron chi connectivity index (χ2n) is 4.49. The minimum Gasteiger partial charge on any atom is -0.468 e. The molecule has 0 aromatic heterocycles. The third kappa shape index (κ3) is 5.52. The molecule has 1 amide bonds. The standard InChI is InChI=1S/C14H20N2O3/c1-11(2)16(10-14(18)19-3)9-13(17)15-12-7-5-4-6-8-12/h4-8,11H,9-10H2,1-3H3,(H,15,17). The second kappa shape index (κ2) is 7.53. The van der Waals surface area contributed by atoms with Gasteiger partial charge in [-0.15, -0.1) is 0 Å². The molecule has 0 spiro atoms. The highest BCUT2D eigenvalue weighted by molar-refractivity contribution is 5.92. The number of hydrogen-bond acceptors (Lipinski definition) is 4. The number of ether oxygens (including phenoxy) is 1. The third-order valence-corrected chi connectivity index (χ3v) is 2.69. The summed E-state index contributed by atoms with van der Waals surface area (Å²) in [5.74, 6) is -0.495. The topological polar surface area (TPSA) is 58.6 Å². The summed E-state index contributed by atoms with van der Waals surface area (Å²) in [6.07, 6.45) is 0. The molecule has 5 heteroatoms. The van der Waals surface area contributed by atoms with Crippen LogP contribution in [0.25, 0.3) is 0 Å². The molecule has 0 fully saturated rings. The highest BCUT2D eigenvalue weighted by atomic mass is 16.5. The van der Waals surface area contributed by atoms with Crippen LogP contribution in [0.1, 0.15) is 13.8 Å². The van der Waals surface area contributed by atoms with Crippen LogP contribution in [0.2, 0.25) is 0 Å². The van der Waals surface area contributed by atoms with E-state index in [1.165, 1.54) is 7.11 Å². The van der Waals surface area contributed by atoms with Crippen LogP contribution in [0.5, 0.6) is 0 Å². The van der Waals surface area contributed by atoms with E-state index in [0.717, 1.165) is 5.69 Å². The Hall–Kier alpha value is -1.88. The van der Waals surface area contributed by atoms with E-state index in [1.54, 1.807) is 4.90 Å². The maximum atomic E-state index is 11.9. The van der Waals surface area contributed by atoms with Gasteiger partial charge >= 0.3 is 5.97 Å². The van der Waals surface area contributed by atoms with Crippen LogP contribution in [-0.2, 0) is 14.3 Å². The van der Waals surface area contributed by atoms with E-state index in [1.807, 2.05) is 44.2 Å². The van der Waals surface area contributed by atoms with Gasteiger partial charge in [0.15, 0.2) is 0 Å². The monoisotopic (exact) mass is 264 g/mol. The molecular weight excluding hydrogens is 244 g/mol. The van der Waals surface area contributed by atoms with Crippen LogP contribution in [0.4, 0.5) is 5.69 Å². The van der Waals surface area contributed by atoms with Gasteiger partial charge in [-0.2, -0.15) is 0 Å². The molecule has 0 saturated heterocycles. The van der Waals surface area contributed by atoms with Gasteiger partial charge in [-0.25, -0.2) is 0 Å². The quantitative estimate of drug-likeness (QED) is 0.791. The molecule has 0 bridgehead atoms. The Kier molecular flexibility index (Phi) is 6.02. The summed E-state index contributed by atoms with van der Waals surface area (Å²) in [7, 11) is 1.34. The van der Waals surface area contributed by atoms with Crippen LogP contribution in [0.3, 0.4) is 0 Å². The molecule has 0 saturated carbocycles. The first-order valence-corrected chi connectivity index (χ1v) is 6.18. The van der Waals surface area contributed by atoms with Gasteiger partial charge in [-0.3, -0.25) is 14.5 Å². The van der Waals surface area contributed by atoms with Crippen molar-refractivity contribution in [3.8, 4) is 0 Å². The highest BCUT2D eigenvalue weighted by Crippen LogP contribution is 2.06. The number of benzene rings is 1. The maximum absolute atomic E-state index is 11.9. The van der Waals surface area contributed by atoms with Crippen LogP contribution in [-0.4, -0.2) is 43.0 Å². The molecule has 1 rings (SSSR count). The SMILES string of the molecule is COC(=O)CN(CC(=O)Nc1ccccc1)C(C)C. The summed E-state index contributed by atoms with van der Waals surface area (Å²) < 4.78 is 4.62. The van der Waals surface area contributed by atoms with Gasteiger partial charge in [0.25, 0.3) is 0 Å². The molecular formula is C14H20N2O3. The van der Waals surface area contributed by atoms with E-state index in [0.29, 0.717) is 0 Å². The summed E-state index contributed by atoms with van der Waals surface area (Å²) in [4.78, 5) is 24.9. The molecule has 1 aromatic carbocycles. The predicted octanol–water partition coefficient (Wildman–Crippen LogP) is 1.51. The van der Waals surface area contributed by atoms with E-state index >= 15 is 0 Å². The molecule has 5 nitrogen and oxygen atoms in total. The molecule has 1 N–H and O–H groups in total. The number of carbonyl (C=O) groups is 2. The summed E-state index contributed by atoms with van der Waals surface area (Å²) in [5, 5.41) is 2.79. The number of nitrogens with zero attached hydrogens (tertiary/aromatic N) is 1. The van der Waals surface area contributed by atoms with E-state index in [-0.39, 0.29) is 31.0 Å². The fourth-order valence-electron chi connectivity index (χ4n) is 1.56. The number of rotatable bonds is 6. The molecule has 0 unspecified atom stereocenters. The van der Waals surface area contributed by atoms with E-state index in [2.05, 4.69) is 10.1 Å². The van der Waals surface area contributed by atoms with Crippen LogP contribution in [0, 0.1) is 0 Å². The summed E-state index contributed by atoms with van der Waals surface area (Å²) in [6, 6.07) is 9.30. The van der Waals surface area contributed by atoms with Crippen molar-refractivity contribution in [2.24, 2.45) is 0 Å². The first-order valence-electron chi connectivity index (χ1n) is 6.18. The van der Waals surface area contributed by atoms with Gasteiger partial charge in [0.1, 0.15) is 0 Å². The van der Waals surface area contributed by atoms with Crippen molar-refractivity contribution in [1.82, 2.24) is 4.90 Å². The lowest BCUT2D eigenvalue weighted by Gasteiger charge is -2.24. The lowest BCUT2D eigenvalue weighted by molar-refractivity contribution is -0.142. The fourth-order valence-corrected chi connectivity index (χ4v) is 1.56. The molecule has 104 valence electrons. The van der Waals surface area contributed by atoms with Crippen molar-refractivity contribution in [2.75, 3.05) is 25.5 Å².